The van der Waals surface area contributed by atoms with Crippen LogP contribution in [-0.2, 0) is 17.8 Å². The smallest absolute Gasteiger partial charge is 0.338 e. The Morgan fingerprint density at radius 3 is 2.28 bits per heavy atom. The van der Waals surface area contributed by atoms with Gasteiger partial charge < -0.3 is 29.5 Å². The Balaban J connectivity index is 1.78. The first-order chi connectivity index (χ1) is 15.3. The van der Waals surface area contributed by atoms with Gasteiger partial charge in [-0.3, -0.25) is 0 Å². The molecule has 8 nitrogen and oxygen atoms in total. The van der Waals surface area contributed by atoms with Crippen LogP contribution in [0.25, 0.3) is 0 Å². The van der Waals surface area contributed by atoms with Gasteiger partial charge in [0.15, 0.2) is 23.0 Å². The van der Waals surface area contributed by atoms with E-state index >= 15 is 0 Å². The van der Waals surface area contributed by atoms with Crippen molar-refractivity contribution in [2.75, 3.05) is 14.2 Å². The molecule has 0 atom stereocenters. The van der Waals surface area contributed by atoms with Crippen molar-refractivity contribution in [3.05, 3.63) is 82.4 Å². The molecule has 3 aromatic rings. The minimum absolute atomic E-state index is 0.0151. The lowest BCUT2D eigenvalue weighted by atomic mass is 9.97. The van der Waals surface area contributed by atoms with Crippen molar-refractivity contribution >= 4 is 11.9 Å². The first-order valence-corrected chi connectivity index (χ1v) is 9.58. The van der Waals surface area contributed by atoms with E-state index < -0.39 is 11.9 Å². The molecule has 3 aromatic carbocycles. The molecule has 0 heterocycles. The molecule has 0 aliphatic rings. The van der Waals surface area contributed by atoms with Gasteiger partial charge in [-0.05, 0) is 41.5 Å². The van der Waals surface area contributed by atoms with E-state index in [2.05, 4.69) is 0 Å². The molecule has 0 saturated carbocycles. The molecule has 166 valence electrons. The van der Waals surface area contributed by atoms with Gasteiger partial charge in [-0.2, -0.15) is 0 Å². The molecule has 0 aliphatic carbocycles. The van der Waals surface area contributed by atoms with Crippen LogP contribution < -0.4 is 9.47 Å². The van der Waals surface area contributed by atoms with Gasteiger partial charge in [-0.25, -0.2) is 9.59 Å². The number of rotatable bonds is 8. The third kappa shape index (κ3) is 4.92. The monoisotopic (exact) mass is 438 g/mol. The maximum absolute atomic E-state index is 12.3. The number of carbonyl (C=O) groups is 2. The fraction of sp³-hybridized carbons (Fsp3) is 0.167. The van der Waals surface area contributed by atoms with E-state index in [0.717, 1.165) is 5.56 Å². The topological polar surface area (TPSA) is 123 Å². The predicted molar refractivity (Wildman–Crippen MR) is 115 cm³/mol. The summed E-state index contributed by atoms with van der Waals surface area (Å²) in [4.78, 5) is 24.0. The van der Waals surface area contributed by atoms with Crippen LogP contribution in [0.5, 0.6) is 23.0 Å². The van der Waals surface area contributed by atoms with Crippen LogP contribution in [0.2, 0.25) is 0 Å². The van der Waals surface area contributed by atoms with Crippen molar-refractivity contribution in [2.45, 2.75) is 13.0 Å². The highest BCUT2D eigenvalue weighted by Crippen LogP contribution is 2.34. The molecule has 8 heteroatoms. The van der Waals surface area contributed by atoms with Crippen LogP contribution in [0, 0.1) is 0 Å². The van der Waals surface area contributed by atoms with E-state index in [1.165, 1.54) is 44.6 Å². The summed E-state index contributed by atoms with van der Waals surface area (Å²) in [6.07, 6.45) is 0.191. The summed E-state index contributed by atoms with van der Waals surface area (Å²) in [5, 5.41) is 29.2. The Labute approximate surface area is 184 Å². The quantitative estimate of drug-likeness (QED) is 0.455. The summed E-state index contributed by atoms with van der Waals surface area (Å²) in [5.74, 6) is -1.69. The number of hydrogen-bond acceptors (Lipinski definition) is 7. The molecule has 32 heavy (non-hydrogen) atoms. The molecule has 0 amide bonds. The number of aromatic hydroxyl groups is 2. The van der Waals surface area contributed by atoms with Gasteiger partial charge >= 0.3 is 11.9 Å². The average molecular weight is 438 g/mol. The standard InChI is InChI=1S/C24H22O8/c1-30-21-12-16(6-8-19(21)25)24(29)32-13-15-5-3-4-14(10-15)11-18-17(23(27)28)7-9-20(26)22(18)31-2/h3-10,12,25-26H,11,13H2,1-2H3,(H,27,28). The lowest BCUT2D eigenvalue weighted by Crippen LogP contribution is -2.07. The summed E-state index contributed by atoms with van der Waals surface area (Å²) in [6.45, 7) is -0.0151. The fourth-order valence-electron chi connectivity index (χ4n) is 3.29. The van der Waals surface area contributed by atoms with Gasteiger partial charge in [0.05, 0.1) is 25.3 Å². The van der Waals surface area contributed by atoms with E-state index in [1.54, 1.807) is 24.3 Å². The van der Waals surface area contributed by atoms with Gasteiger partial charge in [-0.1, -0.05) is 24.3 Å². The zero-order valence-electron chi connectivity index (χ0n) is 17.5. The second kappa shape index (κ2) is 9.74. The number of carboxylic acid groups (broad SMARTS) is 1. The van der Waals surface area contributed by atoms with E-state index in [1.807, 2.05) is 0 Å². The molecule has 0 saturated heterocycles. The van der Waals surface area contributed by atoms with E-state index in [4.69, 9.17) is 14.2 Å². The van der Waals surface area contributed by atoms with E-state index in [-0.39, 0.29) is 47.2 Å². The Morgan fingerprint density at radius 2 is 1.59 bits per heavy atom. The van der Waals surface area contributed by atoms with Crippen LogP contribution in [-0.4, -0.2) is 41.5 Å². The Bertz CT molecular complexity index is 1150. The minimum Gasteiger partial charge on any atom is -0.504 e. The number of esters is 1. The number of ether oxygens (including phenoxy) is 3. The Kier molecular flexibility index (Phi) is 6.84. The number of carbonyl (C=O) groups excluding carboxylic acids is 1. The summed E-state index contributed by atoms with van der Waals surface area (Å²) in [5.41, 5.74) is 2.03. The number of phenolic OH excluding ortho intramolecular Hbond substituents is 2. The maximum Gasteiger partial charge on any atom is 0.338 e. The van der Waals surface area contributed by atoms with Crippen molar-refractivity contribution in [2.24, 2.45) is 0 Å². The maximum atomic E-state index is 12.3. The van der Waals surface area contributed by atoms with Crippen LogP contribution in [0.15, 0.2) is 54.6 Å². The molecule has 0 aromatic heterocycles. The highest BCUT2D eigenvalue weighted by atomic mass is 16.5. The van der Waals surface area contributed by atoms with Gasteiger partial charge in [-0.15, -0.1) is 0 Å². The summed E-state index contributed by atoms with van der Waals surface area (Å²) in [7, 11) is 2.74. The molecule has 3 rings (SSSR count). The zero-order chi connectivity index (χ0) is 23.3. The summed E-state index contributed by atoms with van der Waals surface area (Å²) in [6, 6.07) is 13.9. The predicted octanol–water partition coefficient (Wildman–Crippen LogP) is 3.76. The Morgan fingerprint density at radius 1 is 0.875 bits per heavy atom. The first kappa shape index (κ1) is 22.5. The fourth-order valence-corrected chi connectivity index (χ4v) is 3.29. The second-order valence-electron chi connectivity index (χ2n) is 6.91. The van der Waals surface area contributed by atoms with Gasteiger partial charge in [0.2, 0.25) is 0 Å². The number of carboxylic acids is 1. The van der Waals surface area contributed by atoms with E-state index in [0.29, 0.717) is 11.1 Å². The van der Waals surface area contributed by atoms with Gasteiger partial charge in [0, 0.05) is 12.0 Å². The molecule has 0 unspecified atom stereocenters. The number of aromatic carboxylic acids is 1. The molecule has 3 N–H and O–H groups in total. The highest BCUT2D eigenvalue weighted by molar-refractivity contribution is 5.91. The van der Waals surface area contributed by atoms with Crippen LogP contribution in [0.4, 0.5) is 0 Å². The largest absolute Gasteiger partial charge is 0.504 e. The molecule has 0 bridgehead atoms. The average Bonchev–Trinajstić information content (AvgIpc) is 2.78. The lowest BCUT2D eigenvalue weighted by molar-refractivity contribution is 0.0471. The van der Waals surface area contributed by atoms with Crippen molar-refractivity contribution in [1.82, 2.24) is 0 Å². The SMILES string of the molecule is COc1cc(C(=O)OCc2cccc(Cc3c(C(=O)O)ccc(O)c3OC)c2)ccc1O. The van der Waals surface area contributed by atoms with Crippen molar-refractivity contribution in [3.63, 3.8) is 0 Å². The van der Waals surface area contributed by atoms with Gasteiger partial charge in [0.1, 0.15) is 6.61 Å². The first-order valence-electron chi connectivity index (χ1n) is 9.58. The molecule has 0 radical (unpaired) electrons. The Hall–Kier alpha value is -4.20. The number of hydrogen-bond donors (Lipinski definition) is 3. The molecule has 0 fully saturated rings. The number of benzene rings is 3. The molecule has 0 aliphatic heterocycles. The van der Waals surface area contributed by atoms with Crippen LogP contribution >= 0.6 is 0 Å². The van der Waals surface area contributed by atoms with Crippen LogP contribution in [0.1, 0.15) is 37.4 Å². The third-order valence-corrected chi connectivity index (χ3v) is 4.83. The molecular weight excluding hydrogens is 416 g/mol. The molecular formula is C24H22O8. The highest BCUT2D eigenvalue weighted by Gasteiger charge is 2.19. The number of methoxy groups -OCH3 is 2. The third-order valence-electron chi connectivity index (χ3n) is 4.83. The summed E-state index contributed by atoms with van der Waals surface area (Å²) >= 11 is 0. The van der Waals surface area contributed by atoms with E-state index in [9.17, 15) is 24.9 Å². The minimum atomic E-state index is -1.13. The van der Waals surface area contributed by atoms with Gasteiger partial charge in [0.25, 0.3) is 0 Å². The summed E-state index contributed by atoms with van der Waals surface area (Å²) < 4.78 is 15.6. The number of phenols is 2. The lowest BCUT2D eigenvalue weighted by Gasteiger charge is -2.14. The van der Waals surface area contributed by atoms with Crippen molar-refractivity contribution in [1.29, 1.82) is 0 Å². The molecule has 0 spiro atoms. The zero-order valence-corrected chi connectivity index (χ0v) is 17.5. The van der Waals surface area contributed by atoms with Crippen molar-refractivity contribution in [3.8, 4) is 23.0 Å². The van der Waals surface area contributed by atoms with Crippen molar-refractivity contribution < 1.29 is 39.1 Å². The second-order valence-corrected chi connectivity index (χ2v) is 6.91. The normalized spacial score (nSPS) is 10.4. The van der Waals surface area contributed by atoms with Crippen LogP contribution in [0.3, 0.4) is 0 Å².